The molecule has 14 nitrogen and oxygen atoms in total. The Labute approximate surface area is 463 Å². The SMILES string of the molecule is CCCC1CC(=O)C(c2c(CC)cc(C)cc2CC)=C(O)C1.CCCC1CC(=O)C=C(O)C1.CCCC1CC(=O)C=C([O-])C1C(=O)OC.CCc1cc(C)cc(CC)[c]1[Pb]([O]C(C)=O)([O]C(C)=O)[O]C(C)=O.[Na+]. The summed E-state index contributed by atoms with van der Waals surface area (Å²) in [6.07, 6.45) is 14.0. The van der Waals surface area contributed by atoms with Crippen LogP contribution in [0.4, 0.5) is 0 Å². The average Bonchev–Trinajstić information content (AvgIpc) is 3.28. The molecule has 0 heterocycles. The maximum atomic E-state index is 12.7. The van der Waals surface area contributed by atoms with Crippen LogP contribution >= 0.6 is 0 Å². The van der Waals surface area contributed by atoms with Gasteiger partial charge in [0.05, 0.1) is 24.4 Å². The van der Waals surface area contributed by atoms with Crippen molar-refractivity contribution < 1.29 is 91.2 Å². The second-order valence-electron chi connectivity index (χ2n) is 18.9. The minimum absolute atomic E-state index is 0. The number of ketones is 3. The Morgan fingerprint density at radius 1 is 0.616 bits per heavy atom. The first-order valence-electron chi connectivity index (χ1n) is 25.7. The summed E-state index contributed by atoms with van der Waals surface area (Å²) >= 11 is -5.17. The van der Waals surface area contributed by atoms with Crippen LogP contribution in [-0.2, 0) is 72.0 Å². The third-order valence-corrected chi connectivity index (χ3v) is 24.1. The molecule has 0 fully saturated rings. The van der Waals surface area contributed by atoms with E-state index in [0.29, 0.717) is 71.2 Å². The molecule has 0 bridgehead atoms. The normalized spacial score (nSPS) is 18.4. The number of Topliss-reactive ketones (excluding diaryl/α,β-unsaturated/α-hetero) is 1. The fraction of sp³-hybridized carbons (Fsp3) is 0.561. The Hall–Kier alpha value is -4.13. The fourth-order valence-electron chi connectivity index (χ4n) is 9.93. The zero-order valence-electron chi connectivity index (χ0n) is 46.2. The monoisotopic (exact) mass is 1220 g/mol. The third-order valence-electron chi connectivity index (χ3n) is 12.7. The second-order valence-corrected chi connectivity index (χ2v) is 27.6. The summed E-state index contributed by atoms with van der Waals surface area (Å²) in [5.74, 6) is -2.52. The van der Waals surface area contributed by atoms with Crippen LogP contribution in [0.3, 0.4) is 0 Å². The van der Waals surface area contributed by atoms with Crippen LogP contribution in [0.5, 0.6) is 0 Å². The molecule has 5 rings (SSSR count). The van der Waals surface area contributed by atoms with Crippen molar-refractivity contribution in [3.05, 3.63) is 92.6 Å². The topological polar surface area (TPSA) is 220 Å². The number of esters is 1. The summed E-state index contributed by atoms with van der Waals surface area (Å²) in [5, 5.41) is 31.2. The van der Waals surface area contributed by atoms with Crippen molar-refractivity contribution in [2.75, 3.05) is 7.11 Å². The first-order valence-corrected chi connectivity index (χ1v) is 32.4. The van der Waals surface area contributed by atoms with E-state index in [1.807, 2.05) is 39.8 Å². The Bertz CT molecular complexity index is 2250. The number of aliphatic hydroxyl groups excluding tert-OH is 2. The molecule has 2 N–H and O–H groups in total. The third kappa shape index (κ3) is 20.5. The largest absolute Gasteiger partial charge is 1.00 e. The van der Waals surface area contributed by atoms with Gasteiger partial charge in [-0.2, -0.15) is 0 Å². The van der Waals surface area contributed by atoms with Gasteiger partial charge in [-0.05, 0) is 79.5 Å². The molecule has 16 heteroatoms. The number of rotatable bonds is 16. The van der Waals surface area contributed by atoms with Gasteiger partial charge in [-0.3, -0.25) is 19.2 Å². The van der Waals surface area contributed by atoms with Crippen LogP contribution < -0.4 is 37.8 Å². The molecule has 2 aromatic rings. The first-order chi connectivity index (χ1) is 34.0. The van der Waals surface area contributed by atoms with Gasteiger partial charge in [0, 0.05) is 38.2 Å². The van der Waals surface area contributed by atoms with Crippen LogP contribution in [0.25, 0.3) is 5.57 Å². The zero-order chi connectivity index (χ0) is 54.5. The van der Waals surface area contributed by atoms with Crippen molar-refractivity contribution in [3.8, 4) is 0 Å². The van der Waals surface area contributed by atoms with E-state index >= 15 is 0 Å². The molecule has 0 aliphatic heterocycles. The van der Waals surface area contributed by atoms with E-state index in [1.165, 1.54) is 50.6 Å². The van der Waals surface area contributed by atoms with Gasteiger partial charge in [0.1, 0.15) is 5.76 Å². The number of ether oxygens (including phenoxy) is 1. The molecule has 3 aliphatic rings. The van der Waals surface area contributed by atoms with E-state index in [0.717, 1.165) is 73.3 Å². The number of carbonyl (C=O) groups excluding carboxylic acids is 7. The molecule has 4 atom stereocenters. The molecule has 0 saturated carbocycles. The van der Waals surface area contributed by atoms with E-state index in [2.05, 4.69) is 51.5 Å². The summed E-state index contributed by atoms with van der Waals surface area (Å²) in [7, 11) is 1.26. The fourth-order valence-corrected chi connectivity index (χ4v) is 21.0. The predicted molar refractivity (Wildman–Crippen MR) is 278 cm³/mol. The van der Waals surface area contributed by atoms with E-state index < -0.39 is 58.1 Å². The standard InChI is InChI=1S/C20H28O2.C11H16O4.C11H15.C9H14O2.3C2H4O2.Na.Pb/c1-5-8-14-11-17(21)20(18(22)12-14)19-15(6-2)9-13(4)10-16(19)7-3;1-3-4-7-5-8(12)6-9(13)10(7)11(14)15-2;1-4-10-6-9(3)7-11(5-2)8-10;1-2-3-7-4-8(10)6-9(11)5-7;3*1-2(3)4;;/h9-10,14,21H,5-8,11-12H2,1-4H3;6-7,10,13H,3-5H2,1-2H3;6-7H,4-5H2,1-3H3;6-7,10H,2-5H2,1H3;3*1H3,(H,3,4);;/q;;;;;;;+1;+3/p-4. The molecule has 0 radical (unpaired) electrons. The Balaban J connectivity index is 0.000000503. The number of hydrogen-bond acceptors (Lipinski definition) is 14. The van der Waals surface area contributed by atoms with Crippen LogP contribution in [0.2, 0.25) is 0 Å². The van der Waals surface area contributed by atoms with Crippen molar-refractivity contribution >= 4 is 72.5 Å². The molecule has 0 saturated heterocycles. The predicted octanol–water partition coefficient (Wildman–Crippen LogP) is 6.74. The van der Waals surface area contributed by atoms with Gasteiger partial charge in [0.2, 0.25) is 0 Å². The van der Waals surface area contributed by atoms with Crippen LogP contribution in [0.15, 0.2) is 53.7 Å². The zero-order valence-corrected chi connectivity index (χ0v) is 52.1. The van der Waals surface area contributed by atoms with E-state index in [1.54, 1.807) is 0 Å². The van der Waals surface area contributed by atoms with Crippen LogP contribution in [-0.4, -0.2) is 81.1 Å². The van der Waals surface area contributed by atoms with Gasteiger partial charge >= 0.3 is 185 Å². The molecule has 73 heavy (non-hydrogen) atoms. The molecule has 0 spiro atoms. The summed E-state index contributed by atoms with van der Waals surface area (Å²) in [4.78, 5) is 81.3. The van der Waals surface area contributed by atoms with Gasteiger partial charge < -0.3 is 20.1 Å². The second kappa shape index (κ2) is 33.0. The Morgan fingerprint density at radius 3 is 1.42 bits per heavy atom. The summed E-state index contributed by atoms with van der Waals surface area (Å²) < 4.78 is 21.6. The van der Waals surface area contributed by atoms with Crippen LogP contribution in [0, 0.1) is 37.5 Å². The van der Waals surface area contributed by atoms with Crippen molar-refractivity contribution in [2.24, 2.45) is 23.7 Å². The van der Waals surface area contributed by atoms with Gasteiger partial charge in [-0.1, -0.05) is 71.6 Å². The van der Waals surface area contributed by atoms with Gasteiger partial charge in [0.25, 0.3) is 0 Å². The quantitative estimate of drug-likeness (QED) is 0.131. The van der Waals surface area contributed by atoms with Crippen molar-refractivity contribution in [1.82, 2.24) is 0 Å². The first kappa shape index (κ1) is 66.9. The number of benzene rings is 2. The number of aryl methyl sites for hydroxylation is 6. The number of carbonyl (C=O) groups is 7. The molecule has 3 aliphatic carbocycles. The maximum absolute atomic E-state index is 12.7. The maximum Gasteiger partial charge on any atom is 1.00 e. The van der Waals surface area contributed by atoms with Crippen LogP contribution in [0.1, 0.15) is 179 Å². The summed E-state index contributed by atoms with van der Waals surface area (Å²) in [6, 6.07) is 8.19. The minimum atomic E-state index is -5.17. The van der Waals surface area contributed by atoms with E-state index in [-0.39, 0.29) is 65.0 Å². The molecule has 0 amide bonds. The van der Waals surface area contributed by atoms with Gasteiger partial charge in [0.15, 0.2) is 17.3 Å². The number of methoxy groups -OCH3 is 1. The summed E-state index contributed by atoms with van der Waals surface area (Å²) in [5.41, 5.74) is 7.98. The molecular weight excluding hydrogens is 1140 g/mol. The van der Waals surface area contributed by atoms with Crippen molar-refractivity contribution in [2.45, 2.75) is 179 Å². The molecular formula is C57H81NaO14Pb. The van der Waals surface area contributed by atoms with E-state index in [4.69, 9.17) is 13.2 Å². The Morgan fingerprint density at radius 2 is 1.04 bits per heavy atom. The van der Waals surface area contributed by atoms with Crippen molar-refractivity contribution in [3.63, 3.8) is 0 Å². The van der Waals surface area contributed by atoms with Crippen molar-refractivity contribution in [1.29, 1.82) is 0 Å². The smallest absolute Gasteiger partial charge is 1.00 e. The average molecular weight is 1220 g/mol. The molecule has 0 aromatic heterocycles. The minimum Gasteiger partial charge on any atom is 1.00 e. The number of aliphatic hydroxyl groups is 2. The number of hydrogen-bond donors (Lipinski definition) is 2. The molecule has 2 aromatic carbocycles. The van der Waals surface area contributed by atoms with Gasteiger partial charge in [-0.15, -0.1) is 5.76 Å². The summed E-state index contributed by atoms with van der Waals surface area (Å²) in [6.45, 7) is 22.0. The van der Waals surface area contributed by atoms with E-state index in [9.17, 15) is 43.8 Å². The molecule has 4 unspecified atom stereocenters. The molecule has 398 valence electrons. The number of allylic oxidation sites excluding steroid dienone is 5. The van der Waals surface area contributed by atoms with Gasteiger partial charge in [-0.25, -0.2) is 0 Å². The Kier molecular flexibility index (Phi) is 30.3.